The molecule has 1 N–H and O–H groups in total. The summed E-state index contributed by atoms with van der Waals surface area (Å²) in [4.78, 5) is 22.9. The van der Waals surface area contributed by atoms with Gasteiger partial charge in [0.2, 0.25) is 0 Å². The van der Waals surface area contributed by atoms with E-state index in [1.807, 2.05) is 72.8 Å². The van der Waals surface area contributed by atoms with E-state index in [4.69, 9.17) is 9.97 Å². The Kier molecular flexibility index (Phi) is 4.40. The molecular weight excluding hydrogens is 414 g/mol. The Balaban J connectivity index is 1.44. The van der Waals surface area contributed by atoms with Gasteiger partial charge < -0.3 is 0 Å². The van der Waals surface area contributed by atoms with Crippen molar-refractivity contribution in [3.05, 3.63) is 103 Å². The number of nitrogens with zero attached hydrogens (tertiary/aromatic N) is 2. The molecule has 0 atom stereocenters. The maximum atomic E-state index is 13.4. The van der Waals surface area contributed by atoms with Crippen molar-refractivity contribution in [2.75, 3.05) is 5.32 Å². The zero-order valence-electron chi connectivity index (χ0n) is 16.9. The third kappa shape index (κ3) is 3.20. The van der Waals surface area contributed by atoms with Crippen molar-refractivity contribution in [3.8, 4) is 11.3 Å². The molecule has 4 aromatic carbocycles. The van der Waals surface area contributed by atoms with Crippen LogP contribution < -0.4 is 5.32 Å². The summed E-state index contributed by atoms with van der Waals surface area (Å²) in [6.45, 7) is 0. The van der Waals surface area contributed by atoms with Gasteiger partial charge in [-0.05, 0) is 23.6 Å². The molecule has 0 spiro atoms. The SMILES string of the molecule is O=C(Nc1nc2c(ccc3ccccc32)s1)c1cc(-c2ccccc2)nc2ccccc12. The minimum Gasteiger partial charge on any atom is -0.298 e. The smallest absolute Gasteiger partial charge is 0.258 e. The standard InChI is InChI=1S/C27H17N3OS/c31-26(30-27-29-25-19-11-5-4-8-17(19)14-15-24(25)32-27)21-16-23(18-9-2-1-3-10-18)28-22-13-7-6-12-20(21)22/h1-16H,(H,29,30,31). The number of hydrogen-bond donors (Lipinski definition) is 1. The molecule has 0 fully saturated rings. The number of para-hydroxylation sites is 1. The number of benzene rings is 4. The van der Waals surface area contributed by atoms with E-state index in [2.05, 4.69) is 29.6 Å². The van der Waals surface area contributed by atoms with Crippen LogP contribution in [-0.4, -0.2) is 15.9 Å². The number of carbonyl (C=O) groups is 1. The molecule has 2 aromatic heterocycles. The van der Waals surface area contributed by atoms with Gasteiger partial charge in [0.05, 0.1) is 27.0 Å². The molecule has 32 heavy (non-hydrogen) atoms. The second-order valence-electron chi connectivity index (χ2n) is 7.54. The number of hydrogen-bond acceptors (Lipinski definition) is 4. The molecule has 5 heteroatoms. The first-order valence-electron chi connectivity index (χ1n) is 10.3. The molecule has 0 radical (unpaired) electrons. The van der Waals surface area contributed by atoms with Crippen LogP contribution in [0.3, 0.4) is 0 Å². The van der Waals surface area contributed by atoms with Crippen molar-refractivity contribution < 1.29 is 4.79 Å². The molecule has 4 nitrogen and oxygen atoms in total. The van der Waals surface area contributed by atoms with Gasteiger partial charge in [0, 0.05) is 16.3 Å². The topological polar surface area (TPSA) is 54.9 Å². The first-order chi connectivity index (χ1) is 15.8. The Morgan fingerprint density at radius 2 is 1.50 bits per heavy atom. The van der Waals surface area contributed by atoms with Gasteiger partial charge in [0.15, 0.2) is 5.13 Å². The second kappa shape index (κ2) is 7.55. The number of fused-ring (bicyclic) bond motifs is 4. The summed E-state index contributed by atoms with van der Waals surface area (Å²) in [5.41, 5.74) is 4.02. The van der Waals surface area contributed by atoms with Crippen LogP contribution in [-0.2, 0) is 0 Å². The van der Waals surface area contributed by atoms with Crippen molar-refractivity contribution in [1.29, 1.82) is 0 Å². The van der Waals surface area contributed by atoms with E-state index >= 15 is 0 Å². The van der Waals surface area contributed by atoms with E-state index in [1.165, 1.54) is 11.3 Å². The molecule has 152 valence electrons. The van der Waals surface area contributed by atoms with Gasteiger partial charge in [-0.25, -0.2) is 9.97 Å². The minimum absolute atomic E-state index is 0.191. The predicted molar refractivity (Wildman–Crippen MR) is 132 cm³/mol. The van der Waals surface area contributed by atoms with Crippen molar-refractivity contribution >= 4 is 54.3 Å². The van der Waals surface area contributed by atoms with Gasteiger partial charge in [-0.15, -0.1) is 0 Å². The molecule has 1 amide bonds. The zero-order chi connectivity index (χ0) is 21.5. The lowest BCUT2D eigenvalue weighted by atomic mass is 10.0. The monoisotopic (exact) mass is 431 g/mol. The summed E-state index contributed by atoms with van der Waals surface area (Å²) < 4.78 is 1.04. The Bertz CT molecular complexity index is 1620. The van der Waals surface area contributed by atoms with Gasteiger partial charge in [-0.1, -0.05) is 90.2 Å². The zero-order valence-corrected chi connectivity index (χ0v) is 17.8. The average molecular weight is 432 g/mol. The number of thiazole rings is 1. The number of nitrogens with one attached hydrogen (secondary N) is 1. The minimum atomic E-state index is -0.191. The van der Waals surface area contributed by atoms with E-state index < -0.39 is 0 Å². The van der Waals surface area contributed by atoms with E-state index in [1.54, 1.807) is 0 Å². The van der Waals surface area contributed by atoms with E-state index in [-0.39, 0.29) is 5.91 Å². The molecular formula is C27H17N3OS. The van der Waals surface area contributed by atoms with Crippen LogP contribution >= 0.6 is 11.3 Å². The molecule has 0 saturated carbocycles. The molecule has 6 rings (SSSR count). The number of anilines is 1. The first kappa shape index (κ1) is 18.7. The Morgan fingerprint density at radius 1 is 0.750 bits per heavy atom. The Hall–Kier alpha value is -4.09. The van der Waals surface area contributed by atoms with E-state index in [0.717, 1.165) is 43.1 Å². The van der Waals surface area contributed by atoms with E-state index in [9.17, 15) is 4.79 Å². The molecule has 0 aliphatic rings. The maximum Gasteiger partial charge on any atom is 0.258 e. The Morgan fingerprint density at radius 3 is 2.38 bits per heavy atom. The van der Waals surface area contributed by atoms with Crippen LogP contribution in [0.4, 0.5) is 5.13 Å². The van der Waals surface area contributed by atoms with Gasteiger partial charge in [-0.3, -0.25) is 10.1 Å². The summed E-state index contributed by atoms with van der Waals surface area (Å²) in [5.74, 6) is -0.191. The van der Waals surface area contributed by atoms with Crippen molar-refractivity contribution in [1.82, 2.24) is 9.97 Å². The highest BCUT2D eigenvalue weighted by Gasteiger charge is 2.16. The average Bonchev–Trinajstić information content (AvgIpc) is 3.27. The number of amides is 1. The number of carbonyl (C=O) groups excluding carboxylic acids is 1. The summed E-state index contributed by atoms with van der Waals surface area (Å²) in [6.07, 6.45) is 0. The van der Waals surface area contributed by atoms with Gasteiger partial charge in [0.1, 0.15) is 0 Å². The summed E-state index contributed by atoms with van der Waals surface area (Å²) in [7, 11) is 0. The molecule has 0 aliphatic heterocycles. The van der Waals surface area contributed by atoms with Crippen molar-refractivity contribution in [2.45, 2.75) is 0 Å². The molecule has 0 saturated heterocycles. The highest BCUT2D eigenvalue weighted by molar-refractivity contribution is 7.22. The fourth-order valence-corrected chi connectivity index (χ4v) is 4.88. The largest absolute Gasteiger partial charge is 0.298 e. The van der Waals surface area contributed by atoms with Crippen LogP contribution in [0.5, 0.6) is 0 Å². The van der Waals surface area contributed by atoms with E-state index in [0.29, 0.717) is 10.7 Å². The van der Waals surface area contributed by atoms with Crippen molar-refractivity contribution in [3.63, 3.8) is 0 Å². The molecule has 0 unspecified atom stereocenters. The molecule has 0 aliphatic carbocycles. The van der Waals surface area contributed by atoms with Crippen LogP contribution in [0.15, 0.2) is 97.1 Å². The van der Waals surface area contributed by atoms with Gasteiger partial charge >= 0.3 is 0 Å². The lowest BCUT2D eigenvalue weighted by Gasteiger charge is -2.09. The Labute approximate surface area is 188 Å². The molecule has 0 bridgehead atoms. The highest BCUT2D eigenvalue weighted by Crippen LogP contribution is 2.32. The van der Waals surface area contributed by atoms with Gasteiger partial charge in [-0.2, -0.15) is 0 Å². The third-order valence-corrected chi connectivity index (χ3v) is 6.47. The van der Waals surface area contributed by atoms with Crippen LogP contribution in [0, 0.1) is 0 Å². The van der Waals surface area contributed by atoms with Crippen LogP contribution in [0.1, 0.15) is 10.4 Å². The summed E-state index contributed by atoms with van der Waals surface area (Å²) in [6, 6.07) is 31.8. The van der Waals surface area contributed by atoms with Crippen LogP contribution in [0.25, 0.3) is 43.1 Å². The lowest BCUT2D eigenvalue weighted by Crippen LogP contribution is -2.13. The maximum absolute atomic E-state index is 13.4. The lowest BCUT2D eigenvalue weighted by molar-refractivity contribution is 0.102. The number of rotatable bonds is 3. The molecule has 6 aromatic rings. The first-order valence-corrected chi connectivity index (χ1v) is 11.1. The summed E-state index contributed by atoms with van der Waals surface area (Å²) >= 11 is 1.48. The fraction of sp³-hybridized carbons (Fsp3) is 0. The fourth-order valence-electron chi connectivity index (χ4n) is 4.00. The highest BCUT2D eigenvalue weighted by atomic mass is 32.1. The molecule has 2 heterocycles. The van der Waals surface area contributed by atoms with Crippen LogP contribution in [0.2, 0.25) is 0 Å². The number of aromatic nitrogens is 2. The normalized spacial score (nSPS) is 11.2. The quantitative estimate of drug-likeness (QED) is 0.331. The van der Waals surface area contributed by atoms with Gasteiger partial charge in [0.25, 0.3) is 5.91 Å². The predicted octanol–water partition coefficient (Wildman–Crippen LogP) is 6.92. The van der Waals surface area contributed by atoms with Crippen molar-refractivity contribution in [2.24, 2.45) is 0 Å². The third-order valence-electron chi connectivity index (χ3n) is 5.53. The number of pyridine rings is 1. The second-order valence-corrected chi connectivity index (χ2v) is 8.58. The summed E-state index contributed by atoms with van der Waals surface area (Å²) in [5, 5.41) is 6.65.